The van der Waals surface area contributed by atoms with E-state index in [9.17, 15) is 4.79 Å². The topological polar surface area (TPSA) is 78.4 Å². The highest BCUT2D eigenvalue weighted by atomic mass is 127. The lowest BCUT2D eigenvalue weighted by atomic mass is 10.2. The van der Waals surface area contributed by atoms with Gasteiger partial charge in [-0.15, -0.1) is 0 Å². The lowest BCUT2D eigenvalue weighted by Crippen LogP contribution is -2.17. The maximum absolute atomic E-state index is 12.6. The molecule has 0 heterocycles. The van der Waals surface area contributed by atoms with Crippen LogP contribution in [0, 0.1) is 3.57 Å². The van der Waals surface area contributed by atoms with Gasteiger partial charge in [-0.3, -0.25) is 4.79 Å². The summed E-state index contributed by atoms with van der Waals surface area (Å²) in [5.74, 6) is 1.77. The first-order chi connectivity index (χ1) is 17.5. The average Bonchev–Trinajstić information content (AvgIpc) is 2.88. The molecule has 0 fully saturated rings. The molecule has 0 radical (unpaired) electrons. The van der Waals surface area contributed by atoms with Gasteiger partial charge in [-0.05, 0) is 71.5 Å². The summed E-state index contributed by atoms with van der Waals surface area (Å²) in [6.45, 7) is 6.57. The number of carbonyl (C=O) groups is 1. The summed E-state index contributed by atoms with van der Waals surface area (Å²) in [6, 6.07) is 16.1. The van der Waals surface area contributed by atoms with Gasteiger partial charge in [0.2, 0.25) is 0 Å². The van der Waals surface area contributed by atoms with Crippen molar-refractivity contribution in [1.29, 1.82) is 0 Å². The highest BCUT2D eigenvalue weighted by Crippen LogP contribution is 2.34. The Morgan fingerprint density at radius 1 is 1.08 bits per heavy atom. The molecule has 0 aliphatic heterocycles. The van der Waals surface area contributed by atoms with E-state index in [1.807, 2.05) is 37.3 Å². The van der Waals surface area contributed by atoms with Crippen LogP contribution >= 0.6 is 34.2 Å². The van der Waals surface area contributed by atoms with Crippen LogP contribution in [0.25, 0.3) is 0 Å². The summed E-state index contributed by atoms with van der Waals surface area (Å²) in [4.78, 5) is 12.6. The number of benzene rings is 3. The fourth-order valence-corrected chi connectivity index (χ4v) is 4.11. The summed E-state index contributed by atoms with van der Waals surface area (Å²) in [6.07, 6.45) is 3.17. The number of halogens is 2. The Hall–Kier alpha value is -3.24. The Bertz CT molecular complexity index is 1250. The number of hydrogen-bond donors (Lipinski definition) is 1. The fourth-order valence-electron chi connectivity index (χ4n) is 3.14. The van der Waals surface area contributed by atoms with Crippen LogP contribution in [-0.4, -0.2) is 32.4 Å². The Labute approximate surface area is 229 Å². The second-order valence-electron chi connectivity index (χ2n) is 7.31. The van der Waals surface area contributed by atoms with Gasteiger partial charge in [0, 0.05) is 16.1 Å². The van der Waals surface area contributed by atoms with E-state index in [-0.39, 0.29) is 5.91 Å². The minimum absolute atomic E-state index is 0.302. The number of nitrogens with one attached hydrogen (secondary N) is 1. The molecular formula is C27H26ClIN2O5. The van der Waals surface area contributed by atoms with Gasteiger partial charge in [0.15, 0.2) is 23.0 Å². The molecule has 0 saturated carbocycles. The second kappa shape index (κ2) is 13.7. The van der Waals surface area contributed by atoms with Crippen molar-refractivity contribution in [2.75, 3.05) is 20.3 Å². The molecule has 0 aliphatic rings. The Morgan fingerprint density at radius 3 is 2.61 bits per heavy atom. The SMILES string of the molecule is C=CCOc1ccc(C(=O)N/N=C/c2cc(I)c(OCc3ccccc3Cl)c(OC)c2)cc1OCC. The lowest BCUT2D eigenvalue weighted by Gasteiger charge is -2.14. The molecule has 36 heavy (non-hydrogen) atoms. The Morgan fingerprint density at radius 2 is 1.89 bits per heavy atom. The van der Waals surface area contributed by atoms with Crippen LogP contribution in [-0.2, 0) is 6.61 Å². The molecule has 188 valence electrons. The molecule has 7 nitrogen and oxygen atoms in total. The predicted molar refractivity (Wildman–Crippen MR) is 150 cm³/mol. The van der Waals surface area contributed by atoms with Crippen molar-refractivity contribution in [2.45, 2.75) is 13.5 Å². The zero-order valence-corrected chi connectivity index (χ0v) is 22.8. The van der Waals surface area contributed by atoms with Gasteiger partial charge >= 0.3 is 0 Å². The third-order valence-corrected chi connectivity index (χ3v) is 5.99. The van der Waals surface area contributed by atoms with Crippen LogP contribution < -0.4 is 24.4 Å². The predicted octanol–water partition coefficient (Wildman–Crippen LogP) is 6.26. The molecule has 3 rings (SSSR count). The van der Waals surface area contributed by atoms with Crippen molar-refractivity contribution in [2.24, 2.45) is 5.10 Å². The Balaban J connectivity index is 1.69. The zero-order chi connectivity index (χ0) is 25.9. The summed E-state index contributed by atoms with van der Waals surface area (Å²) in [5.41, 5.74) is 4.52. The second-order valence-corrected chi connectivity index (χ2v) is 8.88. The van der Waals surface area contributed by atoms with Crippen LogP contribution in [0.5, 0.6) is 23.0 Å². The number of hydrazone groups is 1. The van der Waals surface area contributed by atoms with E-state index in [0.29, 0.717) is 53.4 Å². The van der Waals surface area contributed by atoms with Gasteiger partial charge in [0.1, 0.15) is 13.2 Å². The summed E-state index contributed by atoms with van der Waals surface area (Å²) >= 11 is 8.39. The molecule has 0 spiro atoms. The van der Waals surface area contributed by atoms with Crippen molar-refractivity contribution >= 4 is 46.3 Å². The van der Waals surface area contributed by atoms with Gasteiger partial charge in [-0.25, -0.2) is 5.43 Å². The number of ether oxygens (including phenoxy) is 4. The van der Waals surface area contributed by atoms with Crippen LogP contribution in [0.2, 0.25) is 5.02 Å². The van der Waals surface area contributed by atoms with Crippen LogP contribution in [0.3, 0.4) is 0 Å². The van der Waals surface area contributed by atoms with Gasteiger partial charge in [-0.1, -0.05) is 42.5 Å². The molecular weight excluding hydrogens is 595 g/mol. The maximum Gasteiger partial charge on any atom is 0.271 e. The molecule has 9 heteroatoms. The highest BCUT2D eigenvalue weighted by molar-refractivity contribution is 14.1. The first kappa shape index (κ1) is 27.3. The van der Waals surface area contributed by atoms with E-state index >= 15 is 0 Å². The van der Waals surface area contributed by atoms with Gasteiger partial charge in [0.25, 0.3) is 5.91 Å². The monoisotopic (exact) mass is 620 g/mol. The van der Waals surface area contributed by atoms with Crippen molar-refractivity contribution in [3.8, 4) is 23.0 Å². The molecule has 3 aromatic rings. The molecule has 0 unspecified atom stereocenters. The van der Waals surface area contributed by atoms with Gasteiger partial charge in [-0.2, -0.15) is 5.10 Å². The standard InChI is InChI=1S/C27H26ClIN2O5/c1-4-12-35-23-11-10-19(15-24(23)34-5-2)27(32)31-30-16-18-13-22(29)26(25(14-18)33-3)36-17-20-8-6-7-9-21(20)28/h4,6-11,13-16H,1,5,12,17H2,2-3H3,(H,31,32)/b30-16+. The van der Waals surface area contributed by atoms with E-state index in [1.165, 1.54) is 6.21 Å². The third-order valence-electron chi connectivity index (χ3n) is 4.82. The summed E-state index contributed by atoms with van der Waals surface area (Å²) < 4.78 is 23.5. The van der Waals surface area contributed by atoms with E-state index in [0.717, 1.165) is 14.7 Å². The molecule has 3 aromatic carbocycles. The summed E-state index contributed by atoms with van der Waals surface area (Å²) in [5, 5.41) is 4.73. The largest absolute Gasteiger partial charge is 0.493 e. The van der Waals surface area contributed by atoms with E-state index in [4.69, 9.17) is 30.5 Å². The average molecular weight is 621 g/mol. The molecule has 0 bridgehead atoms. The van der Waals surface area contributed by atoms with Gasteiger partial charge < -0.3 is 18.9 Å². The molecule has 1 N–H and O–H groups in total. The summed E-state index contributed by atoms with van der Waals surface area (Å²) in [7, 11) is 1.56. The Kier molecular flexibility index (Phi) is 10.4. The first-order valence-corrected chi connectivity index (χ1v) is 12.5. The number of amides is 1. The van der Waals surface area contributed by atoms with Crippen molar-refractivity contribution in [3.63, 3.8) is 0 Å². The number of rotatable bonds is 12. The first-order valence-electron chi connectivity index (χ1n) is 11.0. The number of hydrogen-bond acceptors (Lipinski definition) is 6. The minimum atomic E-state index is -0.385. The molecule has 0 atom stereocenters. The fraction of sp³-hybridized carbons (Fsp3) is 0.185. The molecule has 0 saturated heterocycles. The van der Waals surface area contributed by atoms with E-state index in [2.05, 4.69) is 39.7 Å². The smallest absolute Gasteiger partial charge is 0.271 e. The maximum atomic E-state index is 12.6. The lowest BCUT2D eigenvalue weighted by molar-refractivity contribution is 0.0954. The number of nitrogens with zero attached hydrogens (tertiary/aromatic N) is 1. The molecule has 1 amide bonds. The van der Waals surface area contributed by atoms with Crippen LogP contribution in [0.1, 0.15) is 28.4 Å². The van der Waals surface area contributed by atoms with Crippen molar-refractivity contribution in [1.82, 2.24) is 5.43 Å². The highest BCUT2D eigenvalue weighted by Gasteiger charge is 2.13. The van der Waals surface area contributed by atoms with E-state index < -0.39 is 0 Å². The van der Waals surface area contributed by atoms with Gasteiger partial charge in [0.05, 0.1) is 23.5 Å². The molecule has 0 aliphatic carbocycles. The third kappa shape index (κ3) is 7.38. The zero-order valence-electron chi connectivity index (χ0n) is 19.9. The number of carbonyl (C=O) groups excluding carboxylic acids is 1. The van der Waals surface area contributed by atoms with Crippen LogP contribution in [0.15, 0.2) is 72.4 Å². The normalized spacial score (nSPS) is 10.7. The minimum Gasteiger partial charge on any atom is -0.493 e. The quantitative estimate of drug-likeness (QED) is 0.112. The number of methoxy groups -OCH3 is 1. The van der Waals surface area contributed by atoms with Crippen molar-refractivity contribution in [3.05, 3.63) is 92.5 Å². The molecule has 0 aromatic heterocycles. The van der Waals surface area contributed by atoms with E-state index in [1.54, 1.807) is 37.5 Å². The van der Waals surface area contributed by atoms with Crippen molar-refractivity contribution < 1.29 is 23.7 Å². The van der Waals surface area contributed by atoms with Crippen LogP contribution in [0.4, 0.5) is 0 Å².